The van der Waals surface area contributed by atoms with Crippen molar-refractivity contribution in [2.45, 2.75) is 6.92 Å². The molecular weight excluding hydrogens is 384 g/mol. The van der Waals surface area contributed by atoms with Crippen LogP contribution in [-0.2, 0) is 9.53 Å². The molecule has 0 saturated carbocycles. The van der Waals surface area contributed by atoms with E-state index < -0.39 is 23.4 Å². The molecule has 1 heterocycles. The number of esters is 1. The summed E-state index contributed by atoms with van der Waals surface area (Å²) in [6, 6.07) is 11.6. The number of nitro benzene ring substituents is 1. The zero-order valence-electron chi connectivity index (χ0n) is 15.1. The molecule has 2 aromatic carbocycles. The van der Waals surface area contributed by atoms with Gasteiger partial charge < -0.3 is 14.8 Å². The van der Waals surface area contributed by atoms with Gasteiger partial charge in [-0.25, -0.2) is 4.79 Å². The quantitative estimate of drug-likeness (QED) is 0.382. The SMILES string of the molecule is COc1ccc(NC(=O)COC(=O)c2sc3ccccc3c2C)c([N+](=O)[O-])c1. The molecule has 0 aliphatic rings. The third kappa shape index (κ3) is 3.94. The molecular formula is C19H16N2O6S. The fraction of sp³-hybridized carbons (Fsp3) is 0.158. The number of fused-ring (bicyclic) bond motifs is 1. The number of amides is 1. The summed E-state index contributed by atoms with van der Waals surface area (Å²) in [5.74, 6) is -1.00. The second-order valence-corrected chi connectivity index (χ2v) is 6.87. The van der Waals surface area contributed by atoms with E-state index in [0.29, 0.717) is 4.88 Å². The number of ether oxygens (including phenoxy) is 2. The number of nitro groups is 1. The monoisotopic (exact) mass is 400 g/mol. The molecule has 0 aliphatic carbocycles. The van der Waals surface area contributed by atoms with Crippen LogP contribution in [0.3, 0.4) is 0 Å². The molecule has 0 unspecified atom stereocenters. The Labute approximate surface area is 163 Å². The molecule has 0 bridgehead atoms. The van der Waals surface area contributed by atoms with Crippen LogP contribution < -0.4 is 10.1 Å². The van der Waals surface area contributed by atoms with Crippen molar-refractivity contribution >= 4 is 44.7 Å². The van der Waals surface area contributed by atoms with E-state index in [0.717, 1.165) is 15.6 Å². The average Bonchev–Trinajstić information content (AvgIpc) is 3.03. The molecule has 0 fully saturated rings. The Morgan fingerprint density at radius 3 is 2.64 bits per heavy atom. The van der Waals surface area contributed by atoms with Gasteiger partial charge in [0.2, 0.25) is 0 Å². The van der Waals surface area contributed by atoms with E-state index in [4.69, 9.17) is 9.47 Å². The number of rotatable bonds is 6. The molecule has 1 N–H and O–H groups in total. The van der Waals surface area contributed by atoms with Crippen molar-refractivity contribution in [1.29, 1.82) is 0 Å². The van der Waals surface area contributed by atoms with Gasteiger partial charge in [0, 0.05) is 4.70 Å². The fourth-order valence-electron chi connectivity index (χ4n) is 2.65. The van der Waals surface area contributed by atoms with Crippen LogP contribution in [0, 0.1) is 17.0 Å². The van der Waals surface area contributed by atoms with E-state index >= 15 is 0 Å². The molecule has 0 saturated heterocycles. The van der Waals surface area contributed by atoms with Crippen LogP contribution in [0.1, 0.15) is 15.2 Å². The minimum absolute atomic E-state index is 0.00936. The molecule has 3 rings (SSSR count). The molecule has 0 atom stereocenters. The summed E-state index contributed by atoms with van der Waals surface area (Å²) in [7, 11) is 1.38. The molecule has 0 aliphatic heterocycles. The molecule has 9 heteroatoms. The molecule has 3 aromatic rings. The van der Waals surface area contributed by atoms with Crippen LogP contribution >= 0.6 is 11.3 Å². The number of benzene rings is 2. The zero-order chi connectivity index (χ0) is 20.3. The van der Waals surface area contributed by atoms with Gasteiger partial charge in [0.05, 0.1) is 18.1 Å². The van der Waals surface area contributed by atoms with Crippen LogP contribution in [0.5, 0.6) is 5.75 Å². The number of nitrogens with one attached hydrogen (secondary N) is 1. The molecule has 8 nitrogen and oxygen atoms in total. The first-order chi connectivity index (χ1) is 13.4. The van der Waals surface area contributed by atoms with Gasteiger partial charge in [0.25, 0.3) is 11.6 Å². The lowest BCUT2D eigenvalue weighted by Gasteiger charge is -2.08. The number of anilines is 1. The number of hydrogen-bond donors (Lipinski definition) is 1. The Kier molecular flexibility index (Phi) is 5.55. The van der Waals surface area contributed by atoms with E-state index in [9.17, 15) is 19.7 Å². The maximum Gasteiger partial charge on any atom is 0.349 e. The summed E-state index contributed by atoms with van der Waals surface area (Å²) in [4.78, 5) is 35.4. The molecule has 144 valence electrons. The van der Waals surface area contributed by atoms with Gasteiger partial charge in [-0.05, 0) is 36.1 Å². The standard InChI is InChI=1S/C19H16N2O6S/c1-11-13-5-3-4-6-16(13)28-18(11)19(23)27-10-17(22)20-14-8-7-12(26-2)9-15(14)21(24)25/h3-9H,10H2,1-2H3,(H,20,22). The van der Waals surface area contributed by atoms with Gasteiger partial charge in [0.15, 0.2) is 6.61 Å². The summed E-state index contributed by atoms with van der Waals surface area (Å²) in [6.07, 6.45) is 0. The van der Waals surface area contributed by atoms with Gasteiger partial charge in [0.1, 0.15) is 16.3 Å². The fourth-order valence-corrected chi connectivity index (χ4v) is 3.75. The summed E-state index contributed by atoms with van der Waals surface area (Å²) in [6.45, 7) is 1.26. The zero-order valence-corrected chi connectivity index (χ0v) is 15.9. The molecule has 0 radical (unpaired) electrons. The normalized spacial score (nSPS) is 10.5. The third-order valence-corrected chi connectivity index (χ3v) is 5.29. The Morgan fingerprint density at radius 1 is 1.21 bits per heavy atom. The maximum atomic E-state index is 12.3. The van der Waals surface area contributed by atoms with Crippen LogP contribution in [0.2, 0.25) is 0 Å². The highest BCUT2D eigenvalue weighted by Crippen LogP contribution is 2.31. The Morgan fingerprint density at radius 2 is 1.96 bits per heavy atom. The van der Waals surface area contributed by atoms with Crippen LogP contribution in [-0.4, -0.2) is 30.5 Å². The van der Waals surface area contributed by atoms with E-state index in [1.54, 1.807) is 0 Å². The largest absolute Gasteiger partial charge is 0.496 e. The number of methoxy groups -OCH3 is 1. The first-order valence-corrected chi connectivity index (χ1v) is 9.00. The second-order valence-electron chi connectivity index (χ2n) is 5.82. The topological polar surface area (TPSA) is 108 Å². The third-order valence-electron chi connectivity index (χ3n) is 4.04. The van der Waals surface area contributed by atoms with E-state index in [1.807, 2.05) is 31.2 Å². The van der Waals surface area contributed by atoms with Crippen molar-refractivity contribution in [2.24, 2.45) is 0 Å². The summed E-state index contributed by atoms with van der Waals surface area (Å²) in [5, 5.41) is 14.5. The van der Waals surface area contributed by atoms with Gasteiger partial charge in [-0.2, -0.15) is 0 Å². The van der Waals surface area contributed by atoms with Crippen molar-refractivity contribution in [2.75, 3.05) is 19.0 Å². The number of aryl methyl sites for hydroxylation is 1. The highest BCUT2D eigenvalue weighted by atomic mass is 32.1. The van der Waals surface area contributed by atoms with E-state index in [2.05, 4.69) is 5.32 Å². The van der Waals surface area contributed by atoms with Crippen LogP contribution in [0.25, 0.3) is 10.1 Å². The second kappa shape index (κ2) is 8.05. The van der Waals surface area contributed by atoms with E-state index in [-0.39, 0.29) is 17.1 Å². The number of nitrogens with zero attached hydrogens (tertiary/aromatic N) is 1. The van der Waals surface area contributed by atoms with Crippen LogP contribution in [0.15, 0.2) is 42.5 Å². The number of carbonyl (C=O) groups excluding carboxylic acids is 2. The smallest absolute Gasteiger partial charge is 0.349 e. The molecule has 1 amide bonds. The molecule has 0 spiro atoms. The molecule has 1 aromatic heterocycles. The van der Waals surface area contributed by atoms with Crippen molar-refractivity contribution < 1.29 is 24.0 Å². The highest BCUT2D eigenvalue weighted by molar-refractivity contribution is 7.21. The number of hydrogen-bond acceptors (Lipinski definition) is 7. The Balaban J connectivity index is 1.68. The predicted molar refractivity (Wildman–Crippen MR) is 105 cm³/mol. The Bertz CT molecular complexity index is 1080. The van der Waals surface area contributed by atoms with Crippen molar-refractivity contribution in [3.63, 3.8) is 0 Å². The van der Waals surface area contributed by atoms with Crippen molar-refractivity contribution in [3.8, 4) is 5.75 Å². The van der Waals surface area contributed by atoms with Gasteiger partial charge >= 0.3 is 5.97 Å². The minimum atomic E-state index is -0.680. The van der Waals surface area contributed by atoms with Crippen LogP contribution in [0.4, 0.5) is 11.4 Å². The van der Waals surface area contributed by atoms with E-state index in [1.165, 1.54) is 36.6 Å². The first-order valence-electron chi connectivity index (χ1n) is 8.18. The average molecular weight is 400 g/mol. The van der Waals surface area contributed by atoms with Gasteiger partial charge in [-0.15, -0.1) is 11.3 Å². The summed E-state index contributed by atoms with van der Waals surface area (Å²) < 4.78 is 11.0. The van der Waals surface area contributed by atoms with Gasteiger partial charge in [-0.3, -0.25) is 14.9 Å². The summed E-state index contributed by atoms with van der Waals surface area (Å²) >= 11 is 1.29. The Hall–Kier alpha value is -3.46. The predicted octanol–water partition coefficient (Wildman–Crippen LogP) is 3.92. The molecule has 28 heavy (non-hydrogen) atoms. The lowest BCUT2D eigenvalue weighted by Crippen LogP contribution is -2.21. The van der Waals surface area contributed by atoms with Gasteiger partial charge in [-0.1, -0.05) is 18.2 Å². The lowest BCUT2D eigenvalue weighted by molar-refractivity contribution is -0.384. The lowest BCUT2D eigenvalue weighted by atomic mass is 10.1. The maximum absolute atomic E-state index is 12.3. The van der Waals surface area contributed by atoms with Crippen molar-refractivity contribution in [3.05, 3.63) is 63.0 Å². The first kappa shape index (κ1) is 19.3. The highest BCUT2D eigenvalue weighted by Gasteiger charge is 2.20. The minimum Gasteiger partial charge on any atom is -0.496 e. The number of carbonyl (C=O) groups is 2. The number of thiophene rings is 1. The summed E-state index contributed by atoms with van der Waals surface area (Å²) in [5.41, 5.74) is 0.459. The van der Waals surface area contributed by atoms with Crippen molar-refractivity contribution in [1.82, 2.24) is 0 Å².